The zero-order valence-electron chi connectivity index (χ0n) is 20.4. The van der Waals surface area contributed by atoms with E-state index in [0.29, 0.717) is 26.0 Å². The average molecular weight is 474 g/mol. The van der Waals surface area contributed by atoms with Crippen LogP contribution >= 0.6 is 0 Å². The highest BCUT2D eigenvalue weighted by Gasteiger charge is 2.51. The molecule has 4 aromatic carbocycles. The molecule has 180 valence electrons. The molecule has 5 rings (SSSR count). The van der Waals surface area contributed by atoms with Crippen molar-refractivity contribution < 1.29 is 9.53 Å². The van der Waals surface area contributed by atoms with Gasteiger partial charge in [-0.25, -0.2) is 0 Å². The quantitative estimate of drug-likeness (QED) is 0.262. The van der Waals surface area contributed by atoms with Gasteiger partial charge >= 0.3 is 5.97 Å². The predicted octanol–water partition coefficient (Wildman–Crippen LogP) is 6.87. The second-order valence-electron chi connectivity index (χ2n) is 9.35. The van der Waals surface area contributed by atoms with Crippen LogP contribution in [-0.4, -0.2) is 23.0 Å². The van der Waals surface area contributed by atoms with Crippen LogP contribution in [0.1, 0.15) is 34.7 Å². The van der Waals surface area contributed by atoms with Crippen molar-refractivity contribution in [3.8, 4) is 0 Å². The Labute approximate surface area is 213 Å². The number of benzene rings is 4. The van der Waals surface area contributed by atoms with Gasteiger partial charge < -0.3 is 4.74 Å². The molecule has 0 spiro atoms. The van der Waals surface area contributed by atoms with E-state index in [4.69, 9.17) is 4.74 Å². The van der Waals surface area contributed by atoms with Crippen LogP contribution in [0.3, 0.4) is 0 Å². The lowest BCUT2D eigenvalue weighted by Gasteiger charge is -2.49. The Kier molecular flexibility index (Phi) is 7.39. The molecule has 0 aromatic heterocycles. The lowest BCUT2D eigenvalue weighted by Crippen LogP contribution is -2.61. The fourth-order valence-corrected chi connectivity index (χ4v) is 5.12. The molecule has 1 aliphatic heterocycles. The van der Waals surface area contributed by atoms with E-state index in [1.165, 1.54) is 5.56 Å². The monoisotopic (exact) mass is 473 g/mol. The van der Waals surface area contributed by atoms with Crippen LogP contribution in [0.25, 0.3) is 6.08 Å². The molecule has 4 aromatic rings. The number of rotatable bonds is 8. The fourth-order valence-electron chi connectivity index (χ4n) is 5.12. The van der Waals surface area contributed by atoms with Gasteiger partial charge in [0.1, 0.15) is 12.1 Å². The Bertz CT molecular complexity index is 1270. The highest BCUT2D eigenvalue weighted by Crippen LogP contribution is 2.40. The van der Waals surface area contributed by atoms with Gasteiger partial charge in [-0.2, -0.15) is 0 Å². The van der Waals surface area contributed by atoms with Gasteiger partial charge in [-0.3, -0.25) is 9.69 Å². The number of esters is 1. The van der Waals surface area contributed by atoms with Gasteiger partial charge in [0, 0.05) is 13.0 Å². The molecule has 0 unspecified atom stereocenters. The smallest absolute Gasteiger partial charge is 0.327 e. The number of carbonyl (C=O) groups excluding carboxylic acids is 1. The van der Waals surface area contributed by atoms with E-state index in [1.54, 1.807) is 0 Å². The van der Waals surface area contributed by atoms with Crippen molar-refractivity contribution in [2.45, 2.75) is 31.0 Å². The maximum Gasteiger partial charge on any atom is 0.327 e. The number of hydrogen-bond acceptors (Lipinski definition) is 3. The summed E-state index contributed by atoms with van der Waals surface area (Å²) in [5.74, 6) is -0.160. The van der Waals surface area contributed by atoms with Gasteiger partial charge in [-0.05, 0) is 28.7 Å². The molecule has 0 N–H and O–H groups in total. The number of cyclic esters (lactones) is 1. The molecule has 1 saturated heterocycles. The minimum atomic E-state index is -0.846. The third kappa shape index (κ3) is 5.32. The Hall–Kier alpha value is -3.95. The topological polar surface area (TPSA) is 29.5 Å². The minimum absolute atomic E-state index is 0.0436. The molecular weight excluding hydrogens is 442 g/mol. The van der Waals surface area contributed by atoms with Crippen LogP contribution in [-0.2, 0) is 22.5 Å². The zero-order valence-corrected chi connectivity index (χ0v) is 20.4. The number of ether oxygens (including phenoxy) is 1. The second kappa shape index (κ2) is 11.2. The molecule has 0 saturated carbocycles. The van der Waals surface area contributed by atoms with Crippen molar-refractivity contribution >= 4 is 12.0 Å². The molecule has 36 heavy (non-hydrogen) atoms. The number of nitrogens with zero attached hydrogens (tertiary/aromatic N) is 1. The summed E-state index contributed by atoms with van der Waals surface area (Å²) in [6.07, 6.45) is 5.35. The Morgan fingerprint density at radius 1 is 0.750 bits per heavy atom. The first-order chi connectivity index (χ1) is 17.7. The molecule has 1 fully saturated rings. The molecule has 2 atom stereocenters. The maximum absolute atomic E-state index is 13.8. The summed E-state index contributed by atoms with van der Waals surface area (Å²) in [5.41, 5.74) is 3.73. The SMILES string of the molecule is O=C1OC[C@@H](c2ccccc2)N(Cc2ccccc2)[C@@]1(C/C=C/c1ccccc1)Cc1ccccc1. The lowest BCUT2D eigenvalue weighted by atomic mass is 9.81. The van der Waals surface area contributed by atoms with Crippen molar-refractivity contribution in [3.05, 3.63) is 150 Å². The summed E-state index contributed by atoms with van der Waals surface area (Å²) in [6, 6.07) is 41.3. The third-order valence-electron chi connectivity index (χ3n) is 6.96. The van der Waals surface area contributed by atoms with E-state index in [-0.39, 0.29) is 12.0 Å². The van der Waals surface area contributed by atoms with Gasteiger partial charge in [0.2, 0.25) is 0 Å². The van der Waals surface area contributed by atoms with Crippen LogP contribution < -0.4 is 0 Å². The molecule has 1 heterocycles. The van der Waals surface area contributed by atoms with E-state index in [9.17, 15) is 4.79 Å². The Balaban J connectivity index is 1.60. The van der Waals surface area contributed by atoms with Crippen molar-refractivity contribution in [3.63, 3.8) is 0 Å². The first kappa shape index (κ1) is 23.8. The molecule has 1 aliphatic rings. The van der Waals surface area contributed by atoms with Gasteiger partial charge in [0.15, 0.2) is 0 Å². The molecular formula is C33H31NO2. The summed E-state index contributed by atoms with van der Waals surface area (Å²) in [4.78, 5) is 16.2. The maximum atomic E-state index is 13.8. The number of hydrogen-bond donors (Lipinski definition) is 0. The number of carbonyl (C=O) groups is 1. The minimum Gasteiger partial charge on any atom is -0.462 e. The molecule has 3 heteroatoms. The van der Waals surface area contributed by atoms with Gasteiger partial charge in [-0.15, -0.1) is 0 Å². The Morgan fingerprint density at radius 2 is 1.31 bits per heavy atom. The predicted molar refractivity (Wildman–Crippen MR) is 145 cm³/mol. The zero-order chi connectivity index (χ0) is 24.6. The van der Waals surface area contributed by atoms with Crippen LogP contribution in [0.2, 0.25) is 0 Å². The van der Waals surface area contributed by atoms with E-state index < -0.39 is 5.54 Å². The third-order valence-corrected chi connectivity index (χ3v) is 6.96. The van der Waals surface area contributed by atoms with Crippen molar-refractivity contribution in [1.82, 2.24) is 4.90 Å². The number of morpholine rings is 1. The first-order valence-corrected chi connectivity index (χ1v) is 12.5. The van der Waals surface area contributed by atoms with E-state index in [2.05, 4.69) is 89.8 Å². The van der Waals surface area contributed by atoms with Crippen LogP contribution in [0, 0.1) is 0 Å². The van der Waals surface area contributed by atoms with Gasteiger partial charge in [0.05, 0.1) is 6.04 Å². The van der Waals surface area contributed by atoms with Gasteiger partial charge in [-0.1, -0.05) is 133 Å². The van der Waals surface area contributed by atoms with Crippen molar-refractivity contribution in [1.29, 1.82) is 0 Å². The summed E-state index contributed by atoms with van der Waals surface area (Å²) in [7, 11) is 0. The Morgan fingerprint density at radius 3 is 1.94 bits per heavy atom. The van der Waals surface area contributed by atoms with E-state index in [0.717, 1.165) is 16.7 Å². The van der Waals surface area contributed by atoms with E-state index in [1.807, 2.05) is 48.5 Å². The lowest BCUT2D eigenvalue weighted by molar-refractivity contribution is -0.177. The fraction of sp³-hybridized carbons (Fsp3) is 0.182. The summed E-state index contributed by atoms with van der Waals surface area (Å²) in [5, 5.41) is 0. The van der Waals surface area contributed by atoms with Crippen LogP contribution in [0.4, 0.5) is 0 Å². The first-order valence-electron chi connectivity index (χ1n) is 12.5. The highest BCUT2D eigenvalue weighted by atomic mass is 16.5. The summed E-state index contributed by atoms with van der Waals surface area (Å²) in [6.45, 7) is 0.996. The highest BCUT2D eigenvalue weighted by molar-refractivity contribution is 5.83. The standard InChI is InChI=1S/C33H31NO2/c35-32-33(24-28-16-7-2-8-17-28,23-13-20-27-14-5-1-6-15-27)34(25-29-18-9-3-10-19-29)31(26-36-32)30-21-11-4-12-22-30/h1-22,31H,23-26H2/b20-13+/t31-,33-/m0/s1. The van der Waals surface area contributed by atoms with E-state index >= 15 is 0 Å². The molecule has 0 radical (unpaired) electrons. The second-order valence-corrected chi connectivity index (χ2v) is 9.35. The van der Waals surface area contributed by atoms with Crippen LogP contribution in [0.5, 0.6) is 0 Å². The van der Waals surface area contributed by atoms with Crippen LogP contribution in [0.15, 0.2) is 127 Å². The molecule has 0 bridgehead atoms. The summed E-state index contributed by atoms with van der Waals surface area (Å²) < 4.78 is 5.99. The summed E-state index contributed by atoms with van der Waals surface area (Å²) >= 11 is 0. The van der Waals surface area contributed by atoms with Gasteiger partial charge in [0.25, 0.3) is 0 Å². The largest absolute Gasteiger partial charge is 0.462 e. The normalized spacial score (nSPS) is 20.3. The average Bonchev–Trinajstić information content (AvgIpc) is 2.93. The molecule has 0 amide bonds. The van der Waals surface area contributed by atoms with Crippen molar-refractivity contribution in [2.75, 3.05) is 6.61 Å². The molecule has 3 nitrogen and oxygen atoms in total. The van der Waals surface area contributed by atoms with Crippen molar-refractivity contribution in [2.24, 2.45) is 0 Å². The molecule has 0 aliphatic carbocycles.